The van der Waals surface area contributed by atoms with Crippen molar-refractivity contribution in [2.24, 2.45) is 0 Å². The molecule has 1 N–H and O–H groups in total. The van der Waals surface area contributed by atoms with Gasteiger partial charge in [-0.15, -0.1) is 0 Å². The van der Waals surface area contributed by atoms with Crippen LogP contribution in [0.1, 0.15) is 12.0 Å². The molecule has 2 heterocycles. The van der Waals surface area contributed by atoms with Crippen LogP contribution in [-0.4, -0.2) is 45.1 Å². The molecule has 1 atom stereocenters. The first kappa shape index (κ1) is 17.3. The first-order valence-corrected chi connectivity index (χ1v) is 10.1. The van der Waals surface area contributed by atoms with Crippen LogP contribution in [0.25, 0.3) is 0 Å². The van der Waals surface area contributed by atoms with Crippen LogP contribution in [0.5, 0.6) is 11.5 Å². The fourth-order valence-electron chi connectivity index (χ4n) is 3.58. The Morgan fingerprint density at radius 2 is 1.96 bits per heavy atom. The van der Waals surface area contributed by atoms with Gasteiger partial charge in [0.15, 0.2) is 0 Å². The minimum Gasteiger partial charge on any atom is -0.497 e. The fraction of sp³-hybridized carbons (Fsp3) is 0.368. The van der Waals surface area contributed by atoms with E-state index in [2.05, 4.69) is 5.32 Å². The van der Waals surface area contributed by atoms with E-state index < -0.39 is 15.6 Å². The van der Waals surface area contributed by atoms with E-state index in [-0.39, 0.29) is 4.90 Å². The maximum absolute atomic E-state index is 13.3. The molecule has 2 aromatic rings. The van der Waals surface area contributed by atoms with Gasteiger partial charge in [0, 0.05) is 19.5 Å². The summed E-state index contributed by atoms with van der Waals surface area (Å²) in [5.74, 6) is 1.19. The Balaban J connectivity index is 1.73. The molecule has 0 unspecified atom stereocenters. The number of nitrogens with zero attached hydrogens (tertiary/aromatic N) is 1. The number of rotatable bonds is 3. The van der Waals surface area contributed by atoms with Crippen LogP contribution in [0, 0.1) is 0 Å². The second-order valence-corrected chi connectivity index (χ2v) is 8.69. The highest BCUT2D eigenvalue weighted by Gasteiger charge is 2.45. The second-order valence-electron chi connectivity index (χ2n) is 6.78. The van der Waals surface area contributed by atoms with Gasteiger partial charge in [0.2, 0.25) is 10.0 Å². The highest BCUT2D eigenvalue weighted by Crippen LogP contribution is 2.37. The average molecular weight is 374 g/mol. The van der Waals surface area contributed by atoms with Gasteiger partial charge in [-0.1, -0.05) is 24.3 Å². The third-order valence-electron chi connectivity index (χ3n) is 4.98. The third kappa shape index (κ3) is 3.06. The maximum atomic E-state index is 13.3. The molecule has 7 heteroatoms. The summed E-state index contributed by atoms with van der Waals surface area (Å²) in [7, 11) is -2.04. The lowest BCUT2D eigenvalue weighted by atomic mass is 10.0. The van der Waals surface area contributed by atoms with E-state index in [0.717, 1.165) is 24.3 Å². The summed E-state index contributed by atoms with van der Waals surface area (Å²) < 4.78 is 39.5. The average Bonchev–Trinajstić information content (AvgIpc) is 3.07. The van der Waals surface area contributed by atoms with Gasteiger partial charge in [0.25, 0.3) is 0 Å². The molecule has 6 nitrogen and oxygen atoms in total. The Morgan fingerprint density at radius 3 is 2.65 bits per heavy atom. The first-order valence-electron chi connectivity index (χ1n) is 8.64. The molecule has 2 aromatic carbocycles. The number of nitrogens with one attached hydrogen (secondary N) is 1. The number of hydrogen-bond acceptors (Lipinski definition) is 5. The Bertz CT molecular complexity index is 890. The van der Waals surface area contributed by atoms with Gasteiger partial charge in [-0.3, -0.25) is 0 Å². The van der Waals surface area contributed by atoms with E-state index in [1.165, 1.54) is 4.31 Å². The van der Waals surface area contributed by atoms with Crippen LogP contribution in [-0.2, 0) is 16.6 Å². The van der Waals surface area contributed by atoms with E-state index in [1.54, 1.807) is 25.3 Å². The number of fused-ring (bicyclic) bond motifs is 1. The predicted octanol–water partition coefficient (Wildman–Crippen LogP) is 2.01. The van der Waals surface area contributed by atoms with Crippen LogP contribution in [0.15, 0.2) is 53.4 Å². The molecule has 26 heavy (non-hydrogen) atoms. The molecule has 0 bridgehead atoms. The normalized spacial score (nSPS) is 24.7. The van der Waals surface area contributed by atoms with Crippen LogP contribution in [0.4, 0.5) is 0 Å². The lowest BCUT2D eigenvalue weighted by Crippen LogP contribution is -2.48. The number of para-hydroxylation sites is 1. The van der Waals surface area contributed by atoms with Crippen LogP contribution < -0.4 is 14.8 Å². The Morgan fingerprint density at radius 1 is 1.19 bits per heavy atom. The highest BCUT2D eigenvalue weighted by atomic mass is 32.2. The van der Waals surface area contributed by atoms with E-state index in [4.69, 9.17) is 9.47 Å². The van der Waals surface area contributed by atoms with Crippen molar-refractivity contribution in [3.8, 4) is 11.5 Å². The molecule has 0 amide bonds. The van der Waals surface area contributed by atoms with E-state index >= 15 is 0 Å². The van der Waals surface area contributed by atoms with Crippen molar-refractivity contribution in [1.82, 2.24) is 9.62 Å². The zero-order valence-electron chi connectivity index (χ0n) is 14.6. The SMILES string of the molecule is COc1ccc(CN2C[C@]3(CCNC3)Oc3ccccc3S2(=O)=O)cc1. The molecular formula is C19H22N2O4S. The molecule has 0 aromatic heterocycles. The van der Waals surface area contributed by atoms with Gasteiger partial charge >= 0.3 is 0 Å². The zero-order chi connectivity index (χ0) is 18.2. The smallest absolute Gasteiger partial charge is 0.247 e. The third-order valence-corrected chi connectivity index (χ3v) is 6.81. The minimum atomic E-state index is -3.65. The Kier molecular flexibility index (Phi) is 4.38. The number of sulfonamides is 1. The summed E-state index contributed by atoms with van der Waals surface area (Å²) >= 11 is 0. The summed E-state index contributed by atoms with van der Waals surface area (Å²) in [5.41, 5.74) is 0.376. The van der Waals surface area contributed by atoms with Gasteiger partial charge in [-0.25, -0.2) is 8.42 Å². The maximum Gasteiger partial charge on any atom is 0.247 e. The van der Waals surface area contributed by atoms with E-state index in [0.29, 0.717) is 25.4 Å². The topological polar surface area (TPSA) is 67.9 Å². The number of hydrogen-bond donors (Lipinski definition) is 1. The molecule has 4 rings (SSSR count). The van der Waals surface area contributed by atoms with Crippen molar-refractivity contribution in [3.63, 3.8) is 0 Å². The molecule has 0 aliphatic carbocycles. The first-order chi connectivity index (χ1) is 12.5. The summed E-state index contributed by atoms with van der Waals surface area (Å²) in [6.45, 7) is 2.07. The molecule has 138 valence electrons. The molecule has 0 radical (unpaired) electrons. The fourth-order valence-corrected chi connectivity index (χ4v) is 5.19. The molecule has 1 saturated heterocycles. The predicted molar refractivity (Wildman–Crippen MR) is 97.9 cm³/mol. The largest absolute Gasteiger partial charge is 0.497 e. The lowest BCUT2D eigenvalue weighted by Gasteiger charge is -2.31. The van der Waals surface area contributed by atoms with Crippen LogP contribution in [0.2, 0.25) is 0 Å². The van der Waals surface area contributed by atoms with Gasteiger partial charge < -0.3 is 14.8 Å². The van der Waals surface area contributed by atoms with Crippen LogP contribution >= 0.6 is 0 Å². The van der Waals surface area contributed by atoms with E-state index in [1.807, 2.05) is 30.3 Å². The van der Waals surface area contributed by atoms with Crippen molar-refractivity contribution in [1.29, 1.82) is 0 Å². The quantitative estimate of drug-likeness (QED) is 0.890. The minimum absolute atomic E-state index is 0.234. The molecule has 2 aliphatic rings. The zero-order valence-corrected chi connectivity index (χ0v) is 15.5. The van der Waals surface area contributed by atoms with Crippen molar-refractivity contribution < 1.29 is 17.9 Å². The summed E-state index contributed by atoms with van der Waals surface area (Å²) in [5, 5.41) is 3.31. The number of ether oxygens (including phenoxy) is 2. The number of benzene rings is 2. The van der Waals surface area contributed by atoms with Crippen molar-refractivity contribution in [2.45, 2.75) is 23.5 Å². The molecule has 1 fully saturated rings. The van der Waals surface area contributed by atoms with Gasteiger partial charge in [0.1, 0.15) is 22.0 Å². The summed E-state index contributed by atoms with van der Waals surface area (Å²) in [6.07, 6.45) is 0.774. The molecular weight excluding hydrogens is 352 g/mol. The Labute approximate surface area is 153 Å². The van der Waals surface area contributed by atoms with Crippen LogP contribution in [0.3, 0.4) is 0 Å². The summed E-state index contributed by atoms with van der Waals surface area (Å²) in [6, 6.07) is 14.4. The highest BCUT2D eigenvalue weighted by molar-refractivity contribution is 7.89. The van der Waals surface area contributed by atoms with Crippen molar-refractivity contribution >= 4 is 10.0 Å². The molecule has 0 saturated carbocycles. The molecule has 2 aliphatic heterocycles. The Hall–Kier alpha value is -2.09. The van der Waals surface area contributed by atoms with E-state index in [9.17, 15) is 8.42 Å². The van der Waals surface area contributed by atoms with Gasteiger partial charge in [-0.2, -0.15) is 4.31 Å². The second kappa shape index (κ2) is 6.57. The van der Waals surface area contributed by atoms with Crippen molar-refractivity contribution in [3.05, 3.63) is 54.1 Å². The van der Waals surface area contributed by atoms with Gasteiger partial charge in [0.05, 0.1) is 13.7 Å². The van der Waals surface area contributed by atoms with Gasteiger partial charge in [-0.05, 0) is 36.4 Å². The lowest BCUT2D eigenvalue weighted by molar-refractivity contribution is 0.0695. The standard InChI is InChI=1S/C19H22N2O4S/c1-24-16-8-6-15(7-9-16)12-21-14-19(10-11-20-13-19)25-17-4-2-3-5-18(17)26(21,22)23/h2-9,20H,10-14H2,1H3/t19-/m1/s1. The van der Waals surface area contributed by atoms with Crippen molar-refractivity contribution in [2.75, 3.05) is 26.7 Å². The summed E-state index contributed by atoms with van der Waals surface area (Å²) in [4.78, 5) is 0.234. The number of methoxy groups -OCH3 is 1. The molecule has 1 spiro atoms. The monoisotopic (exact) mass is 374 g/mol.